The van der Waals surface area contributed by atoms with Crippen molar-refractivity contribution >= 4 is 42.1 Å². The zero-order chi connectivity index (χ0) is 19.4. The molecular weight excluding hydrogens is 388 g/mol. The van der Waals surface area contributed by atoms with Crippen LogP contribution < -0.4 is 0 Å². The van der Waals surface area contributed by atoms with Crippen molar-refractivity contribution in [1.82, 2.24) is 17.8 Å². The zero-order valence-corrected chi connectivity index (χ0v) is 16.9. The summed E-state index contributed by atoms with van der Waals surface area (Å²) in [6, 6.07) is 5.01. The molecule has 3 aromatic heterocycles. The molecule has 10 heteroatoms. The lowest BCUT2D eigenvalue weighted by Crippen LogP contribution is -2.30. The first-order chi connectivity index (χ1) is 12.6. The van der Waals surface area contributed by atoms with Crippen LogP contribution in [0, 0.1) is 0 Å². The summed E-state index contributed by atoms with van der Waals surface area (Å²) < 4.78 is 51.4. The van der Waals surface area contributed by atoms with Gasteiger partial charge in [-0.3, -0.25) is 4.90 Å². The number of nitrogens with zero attached hydrogens (tertiary/aromatic N) is 4. The first-order valence-corrected chi connectivity index (χ1v) is 12.5. The molecule has 4 heterocycles. The Morgan fingerprint density at radius 2 is 1.63 bits per heavy atom. The van der Waals surface area contributed by atoms with Crippen LogP contribution >= 0.6 is 0 Å². The average Bonchev–Trinajstić information content (AvgIpc) is 3.12. The second-order valence-electron chi connectivity index (χ2n) is 7.17. The zero-order valence-electron chi connectivity index (χ0n) is 15.3. The van der Waals surface area contributed by atoms with Crippen LogP contribution in [0.3, 0.4) is 0 Å². The van der Waals surface area contributed by atoms with Crippen LogP contribution in [0.25, 0.3) is 22.1 Å². The van der Waals surface area contributed by atoms with Gasteiger partial charge in [0.1, 0.15) is 0 Å². The van der Waals surface area contributed by atoms with Crippen molar-refractivity contribution in [3.63, 3.8) is 0 Å². The summed E-state index contributed by atoms with van der Waals surface area (Å²) in [5, 5.41) is 0. The van der Waals surface area contributed by atoms with Crippen molar-refractivity contribution in [2.24, 2.45) is 0 Å². The van der Waals surface area contributed by atoms with Gasteiger partial charge in [0, 0.05) is 12.7 Å². The molecule has 0 bridgehead atoms. The molecule has 4 rings (SSSR count). The summed E-state index contributed by atoms with van der Waals surface area (Å²) in [5.74, 6) is 0. The third-order valence-corrected chi connectivity index (χ3v) is 7.08. The molecule has 0 aliphatic carbocycles. The van der Waals surface area contributed by atoms with E-state index in [0.29, 0.717) is 34.3 Å². The Hall–Kier alpha value is -1.91. The minimum Gasteiger partial charge on any atom is -0.298 e. The molecule has 1 saturated heterocycles. The van der Waals surface area contributed by atoms with Gasteiger partial charge in [-0.1, -0.05) is 6.42 Å². The van der Waals surface area contributed by atoms with E-state index in [1.807, 2.05) is 0 Å². The monoisotopic (exact) mass is 410 g/mol. The number of hydrogen-bond donors (Lipinski definition) is 0. The standard InChI is InChI=1S/C17H22N4O4S2/c1-26(22,23)20-9-6-14-16(20)11-17-15(18-14)10-13(21(17)27(2,24)25)12-19-7-4-3-5-8-19/h6,9-11H,3-5,7-8,12H2,1-2H3. The quantitative estimate of drug-likeness (QED) is 0.648. The highest BCUT2D eigenvalue weighted by Gasteiger charge is 2.22. The summed E-state index contributed by atoms with van der Waals surface area (Å²) in [6.07, 6.45) is 7.12. The number of piperidine rings is 1. The molecule has 0 unspecified atom stereocenters. The minimum atomic E-state index is -3.58. The number of hydrogen-bond acceptors (Lipinski definition) is 6. The average molecular weight is 411 g/mol. The van der Waals surface area contributed by atoms with Gasteiger partial charge in [-0.2, -0.15) is 0 Å². The van der Waals surface area contributed by atoms with Crippen molar-refractivity contribution in [2.45, 2.75) is 25.8 Å². The fourth-order valence-electron chi connectivity index (χ4n) is 3.82. The predicted molar refractivity (Wildman–Crippen MR) is 105 cm³/mol. The number of likely N-dealkylation sites (tertiary alicyclic amines) is 1. The lowest BCUT2D eigenvalue weighted by Gasteiger charge is -2.26. The Labute approximate surface area is 158 Å². The maximum Gasteiger partial charge on any atom is 0.236 e. The van der Waals surface area contributed by atoms with Crippen LogP contribution in [0.1, 0.15) is 25.0 Å². The molecule has 0 spiro atoms. The second-order valence-corrected chi connectivity index (χ2v) is 10.9. The van der Waals surface area contributed by atoms with Crippen LogP contribution in [0.15, 0.2) is 24.4 Å². The Morgan fingerprint density at radius 3 is 2.26 bits per heavy atom. The van der Waals surface area contributed by atoms with Crippen LogP contribution in [-0.4, -0.2) is 60.3 Å². The Kier molecular flexibility index (Phi) is 4.32. The SMILES string of the molecule is CS(=O)(=O)n1ccc2nc3cc(CN4CCCCC4)n(S(C)(=O)=O)c3cc21. The lowest BCUT2D eigenvalue weighted by molar-refractivity contribution is 0.218. The van der Waals surface area contributed by atoms with Gasteiger partial charge in [-0.05, 0) is 44.1 Å². The Morgan fingerprint density at radius 1 is 0.926 bits per heavy atom. The van der Waals surface area contributed by atoms with Gasteiger partial charge >= 0.3 is 0 Å². The molecule has 0 saturated carbocycles. The van der Waals surface area contributed by atoms with E-state index in [0.717, 1.165) is 42.4 Å². The van der Waals surface area contributed by atoms with E-state index in [1.54, 1.807) is 18.2 Å². The van der Waals surface area contributed by atoms with Crippen molar-refractivity contribution in [3.8, 4) is 0 Å². The first-order valence-electron chi connectivity index (χ1n) is 8.80. The molecule has 146 valence electrons. The van der Waals surface area contributed by atoms with Crippen molar-refractivity contribution in [2.75, 3.05) is 25.6 Å². The van der Waals surface area contributed by atoms with Crippen molar-refractivity contribution in [1.29, 1.82) is 0 Å². The van der Waals surface area contributed by atoms with Crippen molar-refractivity contribution < 1.29 is 16.8 Å². The van der Waals surface area contributed by atoms with Crippen molar-refractivity contribution in [3.05, 3.63) is 30.1 Å². The molecule has 1 aliphatic rings. The van der Waals surface area contributed by atoms with Gasteiger partial charge in [0.2, 0.25) is 20.0 Å². The summed E-state index contributed by atoms with van der Waals surface area (Å²) in [6.45, 7) is 2.42. The Bertz CT molecular complexity index is 1230. The summed E-state index contributed by atoms with van der Waals surface area (Å²) in [4.78, 5) is 6.76. The Balaban J connectivity index is 1.94. The van der Waals surface area contributed by atoms with Gasteiger partial charge in [-0.25, -0.2) is 29.8 Å². The second kappa shape index (κ2) is 6.32. The third-order valence-electron chi connectivity index (χ3n) is 4.95. The van der Waals surface area contributed by atoms with E-state index < -0.39 is 20.0 Å². The molecule has 0 radical (unpaired) electrons. The molecule has 1 fully saturated rings. The van der Waals surface area contributed by atoms with Crippen LogP contribution in [0.5, 0.6) is 0 Å². The maximum absolute atomic E-state index is 12.5. The summed E-state index contributed by atoms with van der Waals surface area (Å²) in [7, 11) is -7.09. The molecule has 0 N–H and O–H groups in total. The topological polar surface area (TPSA) is 94.3 Å². The fraction of sp³-hybridized carbons (Fsp3) is 0.471. The van der Waals surface area contributed by atoms with Crippen LogP contribution in [0.2, 0.25) is 0 Å². The van der Waals surface area contributed by atoms with Crippen LogP contribution in [-0.2, 0) is 26.6 Å². The number of aromatic nitrogens is 3. The molecule has 1 aliphatic heterocycles. The van der Waals surface area contributed by atoms with E-state index in [9.17, 15) is 16.8 Å². The number of rotatable bonds is 4. The van der Waals surface area contributed by atoms with E-state index in [4.69, 9.17) is 0 Å². The lowest BCUT2D eigenvalue weighted by atomic mass is 10.1. The van der Waals surface area contributed by atoms with E-state index in [2.05, 4.69) is 9.88 Å². The summed E-state index contributed by atoms with van der Waals surface area (Å²) in [5.41, 5.74) is 2.49. The fourth-order valence-corrected chi connectivity index (χ4v) is 5.64. The van der Waals surface area contributed by atoms with Gasteiger partial charge in [0.05, 0.1) is 40.3 Å². The van der Waals surface area contributed by atoms with Gasteiger partial charge in [-0.15, -0.1) is 0 Å². The highest BCUT2D eigenvalue weighted by Crippen LogP contribution is 2.27. The number of fused-ring (bicyclic) bond motifs is 2. The molecule has 3 aromatic rings. The molecule has 0 aromatic carbocycles. The minimum absolute atomic E-state index is 0.373. The maximum atomic E-state index is 12.5. The smallest absolute Gasteiger partial charge is 0.236 e. The molecular formula is C17H22N4O4S2. The first kappa shape index (κ1) is 18.5. The molecule has 8 nitrogen and oxygen atoms in total. The molecule has 27 heavy (non-hydrogen) atoms. The molecule has 0 atom stereocenters. The largest absolute Gasteiger partial charge is 0.298 e. The third kappa shape index (κ3) is 3.37. The highest BCUT2D eigenvalue weighted by molar-refractivity contribution is 7.89. The van der Waals surface area contributed by atoms with Gasteiger partial charge in [0.15, 0.2) is 0 Å². The van der Waals surface area contributed by atoms with Crippen LogP contribution in [0.4, 0.5) is 0 Å². The molecule has 0 amide bonds. The predicted octanol–water partition coefficient (Wildman–Crippen LogP) is 1.59. The van der Waals surface area contributed by atoms with E-state index in [1.165, 1.54) is 16.6 Å². The summed E-state index contributed by atoms with van der Waals surface area (Å²) >= 11 is 0. The van der Waals surface area contributed by atoms with Gasteiger partial charge < -0.3 is 0 Å². The van der Waals surface area contributed by atoms with E-state index in [-0.39, 0.29) is 0 Å². The number of pyridine rings is 1. The van der Waals surface area contributed by atoms with Gasteiger partial charge in [0.25, 0.3) is 0 Å². The van der Waals surface area contributed by atoms with E-state index >= 15 is 0 Å². The normalized spacial score (nSPS) is 17.1. The highest BCUT2D eigenvalue weighted by atomic mass is 32.2.